The van der Waals surface area contributed by atoms with E-state index in [0.29, 0.717) is 6.54 Å². The number of nitrogens with zero attached hydrogens (tertiary/aromatic N) is 3. The van der Waals surface area contributed by atoms with Gasteiger partial charge in [-0.05, 0) is 38.8 Å². The Kier molecular flexibility index (Phi) is 4.01. The molecule has 5 rings (SSSR count). The summed E-state index contributed by atoms with van der Waals surface area (Å²) in [6.07, 6.45) is 6.40. The molecular weight excluding hydrogens is 354 g/mol. The molecule has 0 aliphatic carbocycles. The molecule has 2 N–H and O–H groups in total. The van der Waals surface area contributed by atoms with E-state index in [2.05, 4.69) is 20.5 Å². The summed E-state index contributed by atoms with van der Waals surface area (Å²) >= 11 is 0. The minimum absolute atomic E-state index is 0.0508. The minimum Gasteiger partial charge on any atom is -0.350 e. The van der Waals surface area contributed by atoms with E-state index in [0.717, 1.165) is 49.3 Å². The first-order chi connectivity index (χ1) is 13.7. The van der Waals surface area contributed by atoms with Gasteiger partial charge in [-0.25, -0.2) is 4.98 Å². The maximum Gasteiger partial charge on any atom is 0.250 e. The van der Waals surface area contributed by atoms with E-state index in [1.54, 1.807) is 12.5 Å². The number of rotatable bonds is 4. The molecule has 1 aromatic heterocycles. The second-order valence-corrected chi connectivity index (χ2v) is 7.93. The van der Waals surface area contributed by atoms with E-state index in [1.807, 2.05) is 35.8 Å². The molecule has 7 heteroatoms. The number of hydrogen-bond donors (Lipinski definition) is 2. The van der Waals surface area contributed by atoms with Crippen LogP contribution < -0.4 is 10.6 Å². The molecule has 0 bridgehead atoms. The summed E-state index contributed by atoms with van der Waals surface area (Å²) in [6, 6.07) is 8.10. The summed E-state index contributed by atoms with van der Waals surface area (Å²) in [6.45, 7) is 4.14. The number of aryl methyl sites for hydroxylation is 1. The van der Waals surface area contributed by atoms with Crippen molar-refractivity contribution in [3.8, 4) is 0 Å². The van der Waals surface area contributed by atoms with Gasteiger partial charge in [0, 0.05) is 30.0 Å². The molecule has 0 unspecified atom stereocenters. The van der Waals surface area contributed by atoms with Gasteiger partial charge in [0.15, 0.2) is 0 Å². The van der Waals surface area contributed by atoms with Gasteiger partial charge in [-0.1, -0.05) is 18.2 Å². The zero-order valence-electron chi connectivity index (χ0n) is 16.0. The molecule has 0 saturated carbocycles. The molecule has 3 aliphatic heterocycles. The van der Waals surface area contributed by atoms with Crippen LogP contribution in [0.4, 0.5) is 5.69 Å². The van der Waals surface area contributed by atoms with Gasteiger partial charge >= 0.3 is 0 Å². The van der Waals surface area contributed by atoms with Crippen LogP contribution in [0.1, 0.15) is 37.4 Å². The molecule has 1 aromatic carbocycles. The fourth-order valence-electron chi connectivity index (χ4n) is 5.46. The van der Waals surface area contributed by atoms with Crippen LogP contribution in [0.3, 0.4) is 0 Å². The van der Waals surface area contributed by atoms with Crippen molar-refractivity contribution in [3.63, 3.8) is 0 Å². The molecule has 146 valence electrons. The molecule has 7 nitrogen and oxygen atoms in total. The number of carbonyl (C=O) groups excluding carboxylic acids is 2. The Balaban J connectivity index is 1.48. The summed E-state index contributed by atoms with van der Waals surface area (Å²) in [7, 11) is 0. The molecular formula is C21H25N5O2. The maximum absolute atomic E-state index is 13.3. The highest BCUT2D eigenvalue weighted by molar-refractivity contribution is 6.09. The standard InChI is InChI=1S/C21H25N5O2/c1-2-25-13-22-11-15(25)12-23-19(27)17-10-14-6-5-9-26(14)21(17)16-7-3-4-8-18(16)24-20(21)28/h3-4,7-8,11,13-14,17H,2,5-6,9-10,12H2,1H3,(H,23,27)(H,24,28)/t14-,17-,21+/m1/s1. The SMILES string of the molecule is CCn1cncc1CNC(=O)[C@H]1C[C@H]2CCCN2[C@]12C(=O)Nc1ccccc12. The highest BCUT2D eigenvalue weighted by Gasteiger charge is 2.65. The highest BCUT2D eigenvalue weighted by atomic mass is 16.2. The molecule has 1 spiro atoms. The number of anilines is 1. The summed E-state index contributed by atoms with van der Waals surface area (Å²) in [5.74, 6) is -0.499. The Bertz CT molecular complexity index is 938. The predicted octanol–water partition coefficient (Wildman–Crippen LogP) is 1.85. The average Bonchev–Trinajstić information content (AvgIpc) is 3.45. The third kappa shape index (κ3) is 2.29. The Labute approximate surface area is 164 Å². The quantitative estimate of drug-likeness (QED) is 0.850. The smallest absolute Gasteiger partial charge is 0.250 e. The maximum atomic E-state index is 13.3. The fourth-order valence-corrected chi connectivity index (χ4v) is 5.46. The number of para-hydroxylation sites is 1. The van der Waals surface area contributed by atoms with Crippen molar-refractivity contribution in [2.24, 2.45) is 5.92 Å². The van der Waals surface area contributed by atoms with Crippen molar-refractivity contribution in [1.29, 1.82) is 0 Å². The lowest BCUT2D eigenvalue weighted by molar-refractivity contribution is -0.137. The van der Waals surface area contributed by atoms with Crippen molar-refractivity contribution in [1.82, 2.24) is 19.8 Å². The van der Waals surface area contributed by atoms with E-state index < -0.39 is 5.54 Å². The van der Waals surface area contributed by atoms with Gasteiger partial charge < -0.3 is 15.2 Å². The lowest BCUT2D eigenvalue weighted by atomic mass is 9.78. The summed E-state index contributed by atoms with van der Waals surface area (Å²) in [4.78, 5) is 33.1. The number of hydrogen-bond acceptors (Lipinski definition) is 4. The number of imidazole rings is 1. The van der Waals surface area contributed by atoms with E-state index in [4.69, 9.17) is 0 Å². The van der Waals surface area contributed by atoms with E-state index in [9.17, 15) is 9.59 Å². The highest BCUT2D eigenvalue weighted by Crippen LogP contribution is 2.55. The average molecular weight is 379 g/mol. The summed E-state index contributed by atoms with van der Waals surface area (Å²) < 4.78 is 2.01. The van der Waals surface area contributed by atoms with Crippen molar-refractivity contribution < 1.29 is 9.59 Å². The van der Waals surface area contributed by atoms with Crippen molar-refractivity contribution >= 4 is 17.5 Å². The van der Waals surface area contributed by atoms with Gasteiger partial charge in [-0.2, -0.15) is 0 Å². The second kappa shape index (κ2) is 6.44. The van der Waals surface area contributed by atoms with Gasteiger partial charge in [0.05, 0.1) is 24.5 Å². The van der Waals surface area contributed by atoms with Crippen molar-refractivity contribution in [2.75, 3.05) is 11.9 Å². The largest absolute Gasteiger partial charge is 0.350 e. The van der Waals surface area contributed by atoms with Crippen LogP contribution >= 0.6 is 0 Å². The number of carbonyl (C=O) groups is 2. The summed E-state index contributed by atoms with van der Waals surface area (Å²) in [5.41, 5.74) is 1.87. The zero-order chi connectivity index (χ0) is 19.3. The van der Waals surface area contributed by atoms with Gasteiger partial charge in [0.2, 0.25) is 11.8 Å². The van der Waals surface area contributed by atoms with Crippen molar-refractivity contribution in [3.05, 3.63) is 48.0 Å². The van der Waals surface area contributed by atoms with Gasteiger partial charge in [-0.15, -0.1) is 0 Å². The Morgan fingerprint density at radius 2 is 2.25 bits per heavy atom. The van der Waals surface area contributed by atoms with Gasteiger partial charge in [-0.3, -0.25) is 14.5 Å². The molecule has 4 heterocycles. The molecule has 2 amide bonds. The predicted molar refractivity (Wildman–Crippen MR) is 104 cm³/mol. The first-order valence-electron chi connectivity index (χ1n) is 10.1. The Morgan fingerprint density at radius 3 is 3.11 bits per heavy atom. The lowest BCUT2D eigenvalue weighted by Gasteiger charge is -2.36. The normalized spacial score (nSPS) is 28.4. The van der Waals surface area contributed by atoms with Gasteiger partial charge in [0.25, 0.3) is 0 Å². The number of nitrogens with one attached hydrogen (secondary N) is 2. The minimum atomic E-state index is -0.882. The first kappa shape index (κ1) is 17.4. The van der Waals surface area contributed by atoms with Crippen LogP contribution in [0.5, 0.6) is 0 Å². The number of amides is 2. The Morgan fingerprint density at radius 1 is 1.39 bits per heavy atom. The van der Waals surface area contributed by atoms with Crippen LogP contribution in [-0.4, -0.2) is 38.9 Å². The molecule has 0 radical (unpaired) electrons. The molecule has 3 aliphatic rings. The second-order valence-electron chi connectivity index (χ2n) is 7.93. The van der Waals surface area contributed by atoms with Crippen LogP contribution in [0.25, 0.3) is 0 Å². The molecule has 28 heavy (non-hydrogen) atoms. The zero-order valence-corrected chi connectivity index (χ0v) is 16.0. The molecule has 3 atom stereocenters. The molecule has 2 fully saturated rings. The first-order valence-corrected chi connectivity index (χ1v) is 10.1. The third-order valence-electron chi connectivity index (χ3n) is 6.67. The van der Waals surface area contributed by atoms with Crippen LogP contribution in [0.2, 0.25) is 0 Å². The number of fused-ring (bicyclic) bond motifs is 4. The van der Waals surface area contributed by atoms with Crippen LogP contribution in [-0.2, 0) is 28.2 Å². The van der Waals surface area contributed by atoms with Crippen LogP contribution in [0, 0.1) is 5.92 Å². The summed E-state index contributed by atoms with van der Waals surface area (Å²) in [5, 5.41) is 6.13. The molecule has 2 aromatic rings. The lowest BCUT2D eigenvalue weighted by Crippen LogP contribution is -2.54. The molecule has 2 saturated heterocycles. The number of benzene rings is 1. The van der Waals surface area contributed by atoms with Gasteiger partial charge in [0.1, 0.15) is 5.54 Å². The van der Waals surface area contributed by atoms with E-state index in [1.165, 1.54) is 0 Å². The van der Waals surface area contributed by atoms with E-state index in [-0.39, 0.29) is 23.8 Å². The monoisotopic (exact) mass is 379 g/mol. The fraction of sp³-hybridized carbons (Fsp3) is 0.476. The van der Waals surface area contributed by atoms with Crippen molar-refractivity contribution in [2.45, 2.75) is 50.9 Å². The number of aromatic nitrogens is 2. The Hall–Kier alpha value is -2.67. The van der Waals surface area contributed by atoms with E-state index >= 15 is 0 Å². The van der Waals surface area contributed by atoms with Crippen LogP contribution in [0.15, 0.2) is 36.8 Å². The third-order valence-corrected chi connectivity index (χ3v) is 6.67. The topological polar surface area (TPSA) is 79.3 Å².